The Balaban J connectivity index is 2.51. The van der Waals surface area contributed by atoms with Gasteiger partial charge in [-0.1, -0.05) is 0 Å². The van der Waals surface area contributed by atoms with Crippen LogP contribution in [0, 0.1) is 0 Å². The summed E-state index contributed by atoms with van der Waals surface area (Å²) in [6, 6.07) is 0. The van der Waals surface area contributed by atoms with Crippen LogP contribution in [-0.4, -0.2) is 54.2 Å². The minimum absolute atomic E-state index is 0.173. The number of amides is 2. The van der Waals surface area contributed by atoms with Crippen molar-refractivity contribution in [2.24, 2.45) is 5.84 Å². The summed E-state index contributed by atoms with van der Waals surface area (Å²) in [7, 11) is 0. The van der Waals surface area contributed by atoms with Crippen molar-refractivity contribution >= 4 is 11.8 Å². The Morgan fingerprint density at radius 1 is 1.64 bits per heavy atom. The maximum absolute atomic E-state index is 11.3. The van der Waals surface area contributed by atoms with Gasteiger partial charge in [0, 0.05) is 13.1 Å². The molecule has 1 fully saturated rings. The molecule has 0 spiro atoms. The van der Waals surface area contributed by atoms with Crippen LogP contribution in [0.5, 0.6) is 0 Å². The number of carbonyl (C=O) groups excluding carboxylic acids is 2. The van der Waals surface area contributed by atoms with Crippen LogP contribution in [-0.2, 0) is 14.3 Å². The number of morpholine rings is 1. The standard InChI is InChI=1S/C7H13N3O4/c8-9-6(12)7(13)10-1-2-14-5(3-10)4-11/h5,11H,1-4,8H2,(H,9,12). The molecular formula is C7H13N3O4. The van der Waals surface area contributed by atoms with Gasteiger partial charge in [-0.05, 0) is 0 Å². The lowest BCUT2D eigenvalue weighted by Gasteiger charge is -2.31. The van der Waals surface area contributed by atoms with Crippen LogP contribution in [0.1, 0.15) is 0 Å². The number of hydrogen-bond donors (Lipinski definition) is 3. The van der Waals surface area contributed by atoms with Crippen LogP contribution in [0.25, 0.3) is 0 Å². The van der Waals surface area contributed by atoms with Crippen LogP contribution in [0.2, 0.25) is 0 Å². The highest BCUT2D eigenvalue weighted by Gasteiger charge is 2.27. The van der Waals surface area contributed by atoms with Crippen molar-refractivity contribution in [3.8, 4) is 0 Å². The second-order valence-corrected chi connectivity index (χ2v) is 2.90. The van der Waals surface area contributed by atoms with Crippen LogP contribution >= 0.6 is 0 Å². The molecule has 14 heavy (non-hydrogen) atoms. The van der Waals surface area contributed by atoms with E-state index < -0.39 is 17.9 Å². The lowest BCUT2D eigenvalue weighted by molar-refractivity contribution is -0.151. The summed E-state index contributed by atoms with van der Waals surface area (Å²) in [5, 5.41) is 8.80. The molecule has 4 N–H and O–H groups in total. The number of ether oxygens (including phenoxy) is 1. The predicted molar refractivity (Wildman–Crippen MR) is 45.7 cm³/mol. The van der Waals surface area contributed by atoms with Crippen LogP contribution in [0.4, 0.5) is 0 Å². The molecule has 1 aliphatic rings. The molecule has 1 aliphatic heterocycles. The summed E-state index contributed by atoms with van der Waals surface area (Å²) < 4.78 is 5.11. The quantitative estimate of drug-likeness (QED) is 0.185. The number of hydrazine groups is 1. The van der Waals surface area contributed by atoms with E-state index >= 15 is 0 Å². The van der Waals surface area contributed by atoms with E-state index in [1.54, 1.807) is 5.43 Å². The van der Waals surface area contributed by atoms with E-state index in [-0.39, 0.29) is 13.2 Å². The Bertz CT molecular complexity index is 233. The Morgan fingerprint density at radius 2 is 2.36 bits per heavy atom. The predicted octanol–water partition coefficient (Wildman–Crippen LogP) is -2.80. The monoisotopic (exact) mass is 203 g/mol. The van der Waals surface area contributed by atoms with E-state index in [9.17, 15) is 9.59 Å². The summed E-state index contributed by atoms with van der Waals surface area (Å²) >= 11 is 0. The molecule has 1 rings (SSSR count). The van der Waals surface area contributed by atoms with Crippen molar-refractivity contribution in [1.82, 2.24) is 10.3 Å². The third-order valence-corrected chi connectivity index (χ3v) is 1.95. The van der Waals surface area contributed by atoms with Crippen molar-refractivity contribution in [1.29, 1.82) is 0 Å². The van der Waals surface area contributed by atoms with Gasteiger partial charge in [-0.3, -0.25) is 15.0 Å². The average molecular weight is 203 g/mol. The molecule has 0 aliphatic carbocycles. The van der Waals surface area contributed by atoms with E-state index in [2.05, 4.69) is 0 Å². The zero-order chi connectivity index (χ0) is 10.6. The molecule has 7 heteroatoms. The Hall–Kier alpha value is -1.18. The van der Waals surface area contributed by atoms with Gasteiger partial charge in [0.05, 0.1) is 19.3 Å². The van der Waals surface area contributed by atoms with E-state index in [0.29, 0.717) is 13.2 Å². The van der Waals surface area contributed by atoms with Gasteiger partial charge in [0.2, 0.25) is 0 Å². The van der Waals surface area contributed by atoms with Crippen LogP contribution in [0.15, 0.2) is 0 Å². The third-order valence-electron chi connectivity index (χ3n) is 1.95. The van der Waals surface area contributed by atoms with Gasteiger partial charge in [-0.25, -0.2) is 5.84 Å². The molecule has 0 bridgehead atoms. The number of aliphatic hydroxyl groups is 1. The second-order valence-electron chi connectivity index (χ2n) is 2.90. The first-order chi connectivity index (χ1) is 6.69. The number of rotatable bonds is 1. The molecule has 2 amide bonds. The van der Waals surface area contributed by atoms with Crippen molar-refractivity contribution in [2.75, 3.05) is 26.3 Å². The smallest absolute Gasteiger partial charge is 0.323 e. The molecule has 0 aromatic carbocycles. The Labute approximate surface area is 80.8 Å². The maximum Gasteiger partial charge on any atom is 0.323 e. The number of nitrogens with zero attached hydrogens (tertiary/aromatic N) is 1. The fourth-order valence-corrected chi connectivity index (χ4v) is 1.22. The Kier molecular flexibility index (Phi) is 3.81. The molecule has 1 saturated heterocycles. The lowest BCUT2D eigenvalue weighted by Crippen LogP contribution is -2.52. The number of nitrogens with two attached hydrogens (primary N) is 1. The molecule has 80 valence electrons. The Morgan fingerprint density at radius 3 is 2.93 bits per heavy atom. The second kappa shape index (κ2) is 4.89. The summed E-state index contributed by atoms with van der Waals surface area (Å²) in [4.78, 5) is 23.5. The van der Waals surface area contributed by atoms with Crippen molar-refractivity contribution < 1.29 is 19.4 Å². The molecule has 0 radical (unpaired) electrons. The summed E-state index contributed by atoms with van der Waals surface area (Å²) in [6.07, 6.45) is -0.418. The van der Waals surface area contributed by atoms with Gasteiger partial charge in [0.1, 0.15) is 0 Å². The zero-order valence-electron chi connectivity index (χ0n) is 7.60. The molecular weight excluding hydrogens is 190 g/mol. The number of carbonyl (C=O) groups is 2. The van der Waals surface area contributed by atoms with Crippen LogP contribution in [0.3, 0.4) is 0 Å². The molecule has 0 aromatic rings. The van der Waals surface area contributed by atoms with Gasteiger partial charge < -0.3 is 14.7 Å². The van der Waals surface area contributed by atoms with Gasteiger partial charge in [0.25, 0.3) is 0 Å². The molecule has 1 unspecified atom stereocenters. The molecule has 1 heterocycles. The summed E-state index contributed by atoms with van der Waals surface area (Å²) in [5.74, 6) is 3.26. The number of nitrogens with one attached hydrogen (secondary N) is 1. The van der Waals surface area contributed by atoms with Crippen molar-refractivity contribution in [3.05, 3.63) is 0 Å². The van der Waals surface area contributed by atoms with E-state index in [1.165, 1.54) is 4.90 Å². The fourth-order valence-electron chi connectivity index (χ4n) is 1.22. The van der Waals surface area contributed by atoms with Gasteiger partial charge in [-0.15, -0.1) is 0 Å². The average Bonchev–Trinajstić information content (AvgIpc) is 2.27. The first-order valence-electron chi connectivity index (χ1n) is 4.21. The minimum atomic E-state index is -0.858. The maximum atomic E-state index is 11.3. The van der Waals surface area contributed by atoms with Gasteiger partial charge >= 0.3 is 11.8 Å². The highest BCUT2D eigenvalue weighted by atomic mass is 16.5. The van der Waals surface area contributed by atoms with E-state index in [1.807, 2.05) is 0 Å². The van der Waals surface area contributed by atoms with Crippen molar-refractivity contribution in [2.45, 2.75) is 6.10 Å². The normalized spacial score (nSPS) is 21.9. The first-order valence-corrected chi connectivity index (χ1v) is 4.21. The lowest BCUT2D eigenvalue weighted by atomic mass is 10.3. The van der Waals surface area contributed by atoms with Crippen molar-refractivity contribution in [3.63, 3.8) is 0 Å². The zero-order valence-corrected chi connectivity index (χ0v) is 7.60. The topological polar surface area (TPSA) is 105 Å². The fraction of sp³-hybridized carbons (Fsp3) is 0.714. The summed E-state index contributed by atoms with van der Waals surface area (Å²) in [5.41, 5.74) is 1.76. The highest BCUT2D eigenvalue weighted by molar-refractivity contribution is 6.34. The molecule has 0 saturated carbocycles. The first kappa shape index (κ1) is 10.9. The van der Waals surface area contributed by atoms with E-state index in [0.717, 1.165) is 0 Å². The third kappa shape index (κ3) is 2.41. The SMILES string of the molecule is NNC(=O)C(=O)N1CCOC(CO)C1. The largest absolute Gasteiger partial charge is 0.394 e. The van der Waals surface area contributed by atoms with Gasteiger partial charge in [0.15, 0.2) is 0 Å². The summed E-state index contributed by atoms with van der Waals surface area (Å²) in [6.45, 7) is 0.689. The number of aliphatic hydroxyl groups excluding tert-OH is 1. The highest BCUT2D eigenvalue weighted by Crippen LogP contribution is 2.04. The van der Waals surface area contributed by atoms with Crippen LogP contribution < -0.4 is 11.3 Å². The minimum Gasteiger partial charge on any atom is -0.394 e. The number of hydrogen-bond acceptors (Lipinski definition) is 5. The molecule has 1 atom stereocenters. The molecule has 7 nitrogen and oxygen atoms in total. The van der Waals surface area contributed by atoms with E-state index in [4.69, 9.17) is 15.7 Å². The molecule has 0 aromatic heterocycles. The van der Waals surface area contributed by atoms with Gasteiger partial charge in [-0.2, -0.15) is 0 Å².